The fourth-order valence-electron chi connectivity index (χ4n) is 1.47. The van der Waals surface area contributed by atoms with Gasteiger partial charge in [-0.25, -0.2) is 0 Å². The molecular weight excluding hydrogens is 242 g/mol. The highest BCUT2D eigenvalue weighted by molar-refractivity contribution is 7.99. The zero-order valence-electron chi connectivity index (χ0n) is 12.1. The summed E-state index contributed by atoms with van der Waals surface area (Å²) < 4.78 is 0. The van der Waals surface area contributed by atoms with Crippen molar-refractivity contribution in [1.82, 2.24) is 5.32 Å². The number of amides is 1. The van der Waals surface area contributed by atoms with E-state index in [9.17, 15) is 4.79 Å². The van der Waals surface area contributed by atoms with Crippen LogP contribution in [0.1, 0.15) is 40.0 Å². The molecule has 0 spiro atoms. The van der Waals surface area contributed by atoms with Crippen LogP contribution in [0.4, 0.5) is 0 Å². The maximum Gasteiger partial charge on any atom is 0.221 e. The van der Waals surface area contributed by atoms with Crippen molar-refractivity contribution in [3.63, 3.8) is 0 Å². The molecule has 1 atom stereocenters. The third kappa shape index (κ3) is 10.5. The highest BCUT2D eigenvalue weighted by Crippen LogP contribution is 2.17. The summed E-state index contributed by atoms with van der Waals surface area (Å²) in [6.07, 6.45) is 13.1. The first-order chi connectivity index (χ1) is 8.60. The highest BCUT2D eigenvalue weighted by Gasteiger charge is 2.11. The van der Waals surface area contributed by atoms with E-state index in [4.69, 9.17) is 0 Å². The molecule has 1 amide bonds. The van der Waals surface area contributed by atoms with Gasteiger partial charge in [0, 0.05) is 18.2 Å². The summed E-state index contributed by atoms with van der Waals surface area (Å²) in [6, 6.07) is 0. The lowest BCUT2D eigenvalue weighted by molar-refractivity contribution is -0.121. The number of hydrogen-bond donors (Lipinski definition) is 1. The summed E-state index contributed by atoms with van der Waals surface area (Å²) in [5.41, 5.74) is 0. The van der Waals surface area contributed by atoms with Crippen LogP contribution in [0.5, 0.6) is 0 Å². The van der Waals surface area contributed by atoms with Gasteiger partial charge in [0.05, 0.1) is 0 Å². The fraction of sp³-hybridized carbons (Fsp3) is 0.667. The van der Waals surface area contributed by atoms with Gasteiger partial charge in [0.2, 0.25) is 5.91 Å². The molecule has 2 nitrogen and oxygen atoms in total. The zero-order valence-corrected chi connectivity index (χ0v) is 12.9. The number of carbonyl (C=O) groups is 1. The summed E-state index contributed by atoms with van der Waals surface area (Å²) in [7, 11) is 0. The van der Waals surface area contributed by atoms with Gasteiger partial charge >= 0.3 is 0 Å². The highest BCUT2D eigenvalue weighted by atomic mass is 32.2. The predicted octanol–water partition coefficient (Wildman–Crippen LogP) is 3.79. The molecule has 0 saturated carbocycles. The molecule has 0 heterocycles. The van der Waals surface area contributed by atoms with E-state index in [1.165, 1.54) is 0 Å². The van der Waals surface area contributed by atoms with Crippen molar-refractivity contribution in [2.75, 3.05) is 12.8 Å². The van der Waals surface area contributed by atoms with E-state index in [1.54, 1.807) is 11.8 Å². The van der Waals surface area contributed by atoms with Gasteiger partial charge in [-0.2, -0.15) is 11.8 Å². The summed E-state index contributed by atoms with van der Waals surface area (Å²) in [5, 5.41) is 3.40. The van der Waals surface area contributed by atoms with Crippen LogP contribution in [0.3, 0.4) is 0 Å². The molecule has 0 aliphatic carbocycles. The standard InChI is InChI=1S/C15H27NOS/c1-5-6-7-8-9-10-14(18-4)11-15(17)16-12-13(2)3/h5-8,13-14H,9-12H2,1-4H3,(H,16,17)/b6-5+,8-7-. The van der Waals surface area contributed by atoms with Gasteiger partial charge in [-0.15, -0.1) is 0 Å². The Balaban J connectivity index is 3.84. The quantitative estimate of drug-likeness (QED) is 0.645. The van der Waals surface area contributed by atoms with Crippen molar-refractivity contribution in [3.05, 3.63) is 24.3 Å². The first kappa shape index (κ1) is 17.3. The number of nitrogens with one attached hydrogen (secondary N) is 1. The molecule has 0 radical (unpaired) electrons. The minimum Gasteiger partial charge on any atom is -0.356 e. The Labute approximate surface area is 116 Å². The van der Waals surface area contributed by atoms with Crippen LogP contribution in [0.25, 0.3) is 0 Å². The minimum absolute atomic E-state index is 0.181. The van der Waals surface area contributed by atoms with Crippen LogP contribution < -0.4 is 5.32 Å². The molecule has 1 unspecified atom stereocenters. The van der Waals surface area contributed by atoms with Crippen LogP contribution in [-0.2, 0) is 4.79 Å². The Kier molecular flexibility index (Phi) is 11.0. The second-order valence-corrected chi connectivity index (χ2v) is 5.93. The molecule has 0 aromatic rings. The molecule has 104 valence electrons. The normalized spacial score (nSPS) is 13.6. The average molecular weight is 269 g/mol. The number of hydrogen-bond acceptors (Lipinski definition) is 2. The topological polar surface area (TPSA) is 29.1 Å². The van der Waals surface area contributed by atoms with Gasteiger partial charge in [0.1, 0.15) is 0 Å². The summed E-state index contributed by atoms with van der Waals surface area (Å²) in [6.45, 7) is 7.01. The van der Waals surface area contributed by atoms with Crippen LogP contribution in [0.15, 0.2) is 24.3 Å². The fourth-order valence-corrected chi connectivity index (χ4v) is 2.16. The SMILES string of the molecule is C/C=C/C=C\CCC(CC(=O)NCC(C)C)SC. The van der Waals surface area contributed by atoms with Gasteiger partial charge in [-0.05, 0) is 31.9 Å². The maximum atomic E-state index is 11.7. The Hall–Kier alpha value is -0.700. The number of allylic oxidation sites excluding steroid dienone is 4. The third-order valence-corrected chi connectivity index (χ3v) is 3.62. The summed E-state index contributed by atoms with van der Waals surface area (Å²) in [5.74, 6) is 0.700. The van der Waals surface area contributed by atoms with Gasteiger partial charge in [-0.1, -0.05) is 38.2 Å². The second kappa shape index (κ2) is 11.4. The molecular formula is C15H27NOS. The molecule has 0 aliphatic heterocycles. The van der Waals surface area contributed by atoms with Crippen LogP contribution in [0.2, 0.25) is 0 Å². The third-order valence-electron chi connectivity index (χ3n) is 2.55. The number of carbonyl (C=O) groups excluding carboxylic acids is 1. The Bertz CT molecular complexity index is 272. The maximum absolute atomic E-state index is 11.7. The van der Waals surface area contributed by atoms with Gasteiger partial charge in [0.15, 0.2) is 0 Å². The monoisotopic (exact) mass is 269 g/mol. The lowest BCUT2D eigenvalue weighted by Gasteiger charge is -2.14. The largest absolute Gasteiger partial charge is 0.356 e. The Morgan fingerprint density at radius 1 is 1.33 bits per heavy atom. The van der Waals surface area contributed by atoms with Crippen molar-refractivity contribution in [2.45, 2.75) is 45.3 Å². The van der Waals surface area contributed by atoms with Gasteiger partial charge < -0.3 is 5.32 Å². The molecule has 18 heavy (non-hydrogen) atoms. The molecule has 0 fully saturated rings. The zero-order chi connectivity index (χ0) is 13.8. The lowest BCUT2D eigenvalue weighted by Crippen LogP contribution is -2.29. The molecule has 3 heteroatoms. The second-order valence-electron chi connectivity index (χ2n) is 4.79. The van der Waals surface area contributed by atoms with Crippen LogP contribution in [0, 0.1) is 5.92 Å². The van der Waals surface area contributed by atoms with E-state index in [0.29, 0.717) is 17.6 Å². The van der Waals surface area contributed by atoms with Crippen molar-refractivity contribution in [3.8, 4) is 0 Å². The lowest BCUT2D eigenvalue weighted by atomic mass is 10.1. The van der Waals surface area contributed by atoms with Crippen LogP contribution >= 0.6 is 11.8 Å². The van der Waals surface area contributed by atoms with E-state index in [2.05, 4.69) is 37.6 Å². The molecule has 0 aliphatic rings. The van der Waals surface area contributed by atoms with E-state index in [1.807, 2.05) is 19.1 Å². The molecule has 0 aromatic carbocycles. The van der Waals surface area contributed by atoms with E-state index in [-0.39, 0.29) is 5.91 Å². The molecule has 1 N–H and O–H groups in total. The Morgan fingerprint density at radius 3 is 2.61 bits per heavy atom. The summed E-state index contributed by atoms with van der Waals surface area (Å²) >= 11 is 1.78. The number of rotatable bonds is 9. The van der Waals surface area contributed by atoms with Crippen LogP contribution in [-0.4, -0.2) is 24.0 Å². The van der Waals surface area contributed by atoms with Crippen molar-refractivity contribution in [2.24, 2.45) is 5.92 Å². The first-order valence-electron chi connectivity index (χ1n) is 6.67. The predicted molar refractivity (Wildman–Crippen MR) is 83.0 cm³/mol. The van der Waals surface area contributed by atoms with E-state index in [0.717, 1.165) is 19.4 Å². The minimum atomic E-state index is 0.181. The average Bonchev–Trinajstić information content (AvgIpc) is 2.34. The number of thioether (sulfide) groups is 1. The van der Waals surface area contributed by atoms with E-state index < -0.39 is 0 Å². The smallest absolute Gasteiger partial charge is 0.221 e. The molecule has 0 aromatic heterocycles. The molecule has 0 bridgehead atoms. The van der Waals surface area contributed by atoms with Crippen molar-refractivity contribution >= 4 is 17.7 Å². The van der Waals surface area contributed by atoms with E-state index >= 15 is 0 Å². The van der Waals surface area contributed by atoms with Gasteiger partial charge in [-0.3, -0.25) is 4.79 Å². The molecule has 0 rings (SSSR count). The first-order valence-corrected chi connectivity index (χ1v) is 7.96. The van der Waals surface area contributed by atoms with Crippen molar-refractivity contribution < 1.29 is 4.79 Å². The van der Waals surface area contributed by atoms with Crippen molar-refractivity contribution in [1.29, 1.82) is 0 Å². The Morgan fingerprint density at radius 2 is 2.06 bits per heavy atom. The summed E-state index contributed by atoms with van der Waals surface area (Å²) in [4.78, 5) is 11.7. The molecule has 0 saturated heterocycles. The van der Waals surface area contributed by atoms with Gasteiger partial charge in [0.25, 0.3) is 0 Å².